The van der Waals surface area contributed by atoms with Crippen LogP contribution < -0.4 is 15.3 Å². The molecule has 0 bridgehead atoms. The summed E-state index contributed by atoms with van der Waals surface area (Å²) in [4.78, 5) is 22.4. The molecule has 0 aliphatic heterocycles. The third kappa shape index (κ3) is 4.69. The van der Waals surface area contributed by atoms with Gasteiger partial charge in [0.1, 0.15) is 23.3 Å². The van der Waals surface area contributed by atoms with Crippen LogP contribution in [-0.4, -0.2) is 38.1 Å². The summed E-state index contributed by atoms with van der Waals surface area (Å²) < 4.78 is 3.38. The first kappa shape index (κ1) is 20.5. The van der Waals surface area contributed by atoms with Crippen LogP contribution in [0.4, 0.5) is 5.69 Å². The third-order valence-electron chi connectivity index (χ3n) is 5.09. The molecule has 1 N–H and O–H groups in total. The lowest BCUT2D eigenvalue weighted by molar-refractivity contribution is -0.368. The Morgan fingerprint density at radius 2 is 2.06 bits per heavy atom. The first-order chi connectivity index (χ1) is 15.0. The molecule has 158 valence electrons. The minimum atomic E-state index is -0.0847. The largest absolute Gasteiger partial charge is 0.369 e. The molecule has 0 saturated carbocycles. The summed E-state index contributed by atoms with van der Waals surface area (Å²) in [5, 5.41) is 8.69. The lowest BCUT2D eigenvalue weighted by Crippen LogP contribution is -2.21. The van der Waals surface area contributed by atoms with Crippen LogP contribution in [0, 0.1) is 0 Å². The first-order valence-electron chi connectivity index (χ1n) is 10.3. The molecule has 0 fully saturated rings. The maximum atomic E-state index is 12.4. The van der Waals surface area contributed by atoms with Crippen LogP contribution >= 0.6 is 0 Å². The predicted molar refractivity (Wildman–Crippen MR) is 119 cm³/mol. The Kier molecular flexibility index (Phi) is 5.88. The highest BCUT2D eigenvalue weighted by atomic mass is 16.1. The van der Waals surface area contributed by atoms with Gasteiger partial charge in [0, 0.05) is 39.3 Å². The van der Waals surface area contributed by atoms with Gasteiger partial charge in [-0.1, -0.05) is 19.1 Å². The van der Waals surface area contributed by atoms with Gasteiger partial charge in [-0.2, -0.15) is 10.2 Å². The molecule has 4 aromatic rings. The van der Waals surface area contributed by atoms with Crippen molar-refractivity contribution in [2.24, 2.45) is 7.05 Å². The summed E-state index contributed by atoms with van der Waals surface area (Å²) in [7, 11) is 3.90. The van der Waals surface area contributed by atoms with Gasteiger partial charge in [0.25, 0.3) is 0 Å². The van der Waals surface area contributed by atoms with E-state index < -0.39 is 0 Å². The van der Waals surface area contributed by atoms with E-state index in [0.29, 0.717) is 12.1 Å². The average molecular weight is 417 g/mol. The van der Waals surface area contributed by atoms with Crippen molar-refractivity contribution in [1.82, 2.24) is 24.5 Å². The van der Waals surface area contributed by atoms with Gasteiger partial charge in [0.05, 0.1) is 18.0 Å². The summed E-state index contributed by atoms with van der Waals surface area (Å²) in [6.07, 6.45) is 10.6. The monoisotopic (exact) mass is 416 g/mol. The molecule has 0 radical (unpaired) electrons. The topological polar surface area (TPSA) is 83.0 Å². The number of nitrogens with one attached hydrogen (secondary N) is 1. The lowest BCUT2D eigenvalue weighted by atomic mass is 10.1. The molecule has 4 rings (SSSR count). The van der Waals surface area contributed by atoms with Crippen LogP contribution in [0.25, 0.3) is 17.1 Å². The molecular formula is C23H26N7O+. The fourth-order valence-electron chi connectivity index (χ4n) is 3.44. The first-order valence-corrected chi connectivity index (χ1v) is 10.3. The molecule has 0 aliphatic carbocycles. The number of aromatic nitrogens is 6. The SMILES string of the molecule is CCCN(C)c1cnc(-c2cccc(Cc3nn(-c4cnn(C)c4)ccc3=O)c2)[nH+]c1. The van der Waals surface area contributed by atoms with E-state index >= 15 is 0 Å². The number of aromatic amines is 1. The summed E-state index contributed by atoms with van der Waals surface area (Å²) in [5.74, 6) is 0.782. The number of rotatable bonds is 7. The van der Waals surface area contributed by atoms with Crippen LogP contribution in [0.2, 0.25) is 0 Å². The lowest BCUT2D eigenvalue weighted by Gasteiger charge is -2.14. The van der Waals surface area contributed by atoms with E-state index in [1.54, 1.807) is 27.8 Å². The highest BCUT2D eigenvalue weighted by molar-refractivity contribution is 5.54. The zero-order valence-corrected chi connectivity index (χ0v) is 18.0. The van der Waals surface area contributed by atoms with Gasteiger partial charge in [-0.3, -0.25) is 9.48 Å². The van der Waals surface area contributed by atoms with Crippen molar-refractivity contribution < 1.29 is 4.98 Å². The number of aryl methyl sites for hydroxylation is 1. The molecule has 0 atom stereocenters. The number of benzene rings is 1. The van der Waals surface area contributed by atoms with Gasteiger partial charge >= 0.3 is 5.82 Å². The zero-order valence-electron chi connectivity index (χ0n) is 18.0. The Morgan fingerprint density at radius 1 is 1.19 bits per heavy atom. The third-order valence-corrected chi connectivity index (χ3v) is 5.09. The van der Waals surface area contributed by atoms with Gasteiger partial charge < -0.3 is 4.90 Å². The smallest absolute Gasteiger partial charge is 0.328 e. The van der Waals surface area contributed by atoms with E-state index in [9.17, 15) is 4.79 Å². The molecule has 8 heteroatoms. The van der Waals surface area contributed by atoms with Crippen LogP contribution in [0.5, 0.6) is 0 Å². The second-order valence-electron chi connectivity index (χ2n) is 7.56. The van der Waals surface area contributed by atoms with Crippen molar-refractivity contribution in [1.29, 1.82) is 0 Å². The fourth-order valence-corrected chi connectivity index (χ4v) is 3.44. The number of hydrogen-bond acceptors (Lipinski definition) is 5. The Labute approximate surface area is 180 Å². The normalized spacial score (nSPS) is 10.9. The van der Waals surface area contributed by atoms with Crippen molar-refractivity contribution >= 4 is 5.69 Å². The van der Waals surface area contributed by atoms with Gasteiger partial charge in [-0.15, -0.1) is 0 Å². The molecule has 0 unspecified atom stereocenters. The Morgan fingerprint density at radius 3 is 2.77 bits per heavy atom. The molecule has 8 nitrogen and oxygen atoms in total. The molecule has 1 aromatic carbocycles. The second-order valence-corrected chi connectivity index (χ2v) is 7.56. The summed E-state index contributed by atoms with van der Waals surface area (Å²) in [6, 6.07) is 9.55. The molecule has 0 saturated heterocycles. The number of anilines is 1. The predicted octanol–water partition coefficient (Wildman–Crippen LogP) is 2.28. The highest BCUT2D eigenvalue weighted by Crippen LogP contribution is 2.17. The van der Waals surface area contributed by atoms with Gasteiger partial charge in [-0.05, 0) is 29.1 Å². The van der Waals surface area contributed by atoms with E-state index in [4.69, 9.17) is 0 Å². The molecule has 31 heavy (non-hydrogen) atoms. The molecule has 0 amide bonds. The highest BCUT2D eigenvalue weighted by Gasteiger charge is 2.13. The van der Waals surface area contributed by atoms with Crippen molar-refractivity contribution in [3.8, 4) is 17.1 Å². The van der Waals surface area contributed by atoms with Crippen LogP contribution in [0.15, 0.2) is 66.1 Å². The van der Waals surface area contributed by atoms with E-state index in [-0.39, 0.29) is 5.43 Å². The van der Waals surface area contributed by atoms with E-state index in [2.05, 4.69) is 39.0 Å². The maximum Gasteiger partial charge on any atom is 0.328 e. The minimum absolute atomic E-state index is 0.0847. The second kappa shape index (κ2) is 8.91. The molecule has 3 heterocycles. The van der Waals surface area contributed by atoms with Crippen molar-refractivity contribution in [2.75, 3.05) is 18.5 Å². The Balaban J connectivity index is 1.57. The van der Waals surface area contributed by atoms with Crippen LogP contribution in [-0.2, 0) is 13.5 Å². The van der Waals surface area contributed by atoms with Crippen LogP contribution in [0.3, 0.4) is 0 Å². The Hall–Kier alpha value is -3.81. The van der Waals surface area contributed by atoms with Gasteiger partial charge in [-0.25, -0.2) is 9.67 Å². The van der Waals surface area contributed by atoms with E-state index in [1.807, 2.05) is 49.9 Å². The average Bonchev–Trinajstić information content (AvgIpc) is 3.22. The molecule has 3 aromatic heterocycles. The zero-order chi connectivity index (χ0) is 21.8. The summed E-state index contributed by atoms with van der Waals surface area (Å²) in [5.41, 5.74) is 4.21. The Bertz CT molecular complexity index is 1230. The van der Waals surface area contributed by atoms with Gasteiger partial charge in [0.2, 0.25) is 5.43 Å². The quantitative estimate of drug-likeness (QED) is 0.462. The van der Waals surface area contributed by atoms with Crippen molar-refractivity contribution in [2.45, 2.75) is 19.8 Å². The van der Waals surface area contributed by atoms with Crippen LogP contribution in [0.1, 0.15) is 24.6 Å². The van der Waals surface area contributed by atoms with Gasteiger partial charge in [0.15, 0.2) is 6.20 Å². The minimum Gasteiger partial charge on any atom is -0.369 e. The number of nitrogens with zero attached hydrogens (tertiary/aromatic N) is 6. The maximum absolute atomic E-state index is 12.4. The van der Waals surface area contributed by atoms with Crippen molar-refractivity contribution in [3.05, 3.63) is 82.8 Å². The van der Waals surface area contributed by atoms with E-state index in [1.165, 1.54) is 0 Å². The number of hydrogen-bond donors (Lipinski definition) is 0. The molecule has 0 aliphatic rings. The van der Waals surface area contributed by atoms with E-state index in [0.717, 1.165) is 41.3 Å². The molecular weight excluding hydrogens is 390 g/mol. The molecule has 0 spiro atoms. The number of H-pyrrole nitrogens is 1. The van der Waals surface area contributed by atoms with Crippen molar-refractivity contribution in [3.63, 3.8) is 0 Å². The standard InChI is InChI=1S/C23H25N7O/c1-4-9-28(2)19-13-24-23(25-14-19)18-7-5-6-17(11-18)12-21-22(31)8-10-30(27-21)20-15-26-29(3)16-20/h5-8,10-11,13-16H,4,9,12H2,1-3H3/p+1. The summed E-state index contributed by atoms with van der Waals surface area (Å²) in [6.45, 7) is 3.13. The fraction of sp³-hybridized carbons (Fsp3) is 0.261. The summed E-state index contributed by atoms with van der Waals surface area (Å²) >= 11 is 0.